The molecular formula is C13H25N3O. The average Bonchev–Trinajstić information content (AvgIpc) is 3.12. The molecule has 0 radical (unpaired) electrons. The van der Waals surface area contributed by atoms with E-state index in [1.54, 1.807) is 0 Å². The van der Waals surface area contributed by atoms with E-state index in [0.717, 1.165) is 25.9 Å². The molecule has 1 heterocycles. The predicted octanol–water partition coefficient (Wildman–Crippen LogP) is 0.666. The van der Waals surface area contributed by atoms with Gasteiger partial charge in [0.05, 0.1) is 6.54 Å². The van der Waals surface area contributed by atoms with E-state index >= 15 is 0 Å². The third-order valence-corrected chi connectivity index (χ3v) is 4.22. The molecule has 0 aromatic rings. The quantitative estimate of drug-likeness (QED) is 0.784. The summed E-state index contributed by atoms with van der Waals surface area (Å²) in [5.74, 6) is 0.925. The van der Waals surface area contributed by atoms with Gasteiger partial charge < -0.3 is 10.6 Å². The number of nitrogens with two attached hydrogens (primary N) is 1. The number of piperidine rings is 1. The normalized spacial score (nSPS) is 24.6. The van der Waals surface area contributed by atoms with E-state index in [-0.39, 0.29) is 5.91 Å². The Morgan fingerprint density at radius 3 is 2.41 bits per heavy atom. The van der Waals surface area contributed by atoms with Crippen molar-refractivity contribution in [3.63, 3.8) is 0 Å². The topological polar surface area (TPSA) is 49.6 Å². The second-order valence-electron chi connectivity index (χ2n) is 5.71. The van der Waals surface area contributed by atoms with Crippen molar-refractivity contribution >= 4 is 5.91 Å². The fraction of sp³-hybridized carbons (Fsp3) is 0.923. The Labute approximate surface area is 104 Å². The van der Waals surface area contributed by atoms with Crippen molar-refractivity contribution in [3.05, 3.63) is 0 Å². The predicted molar refractivity (Wildman–Crippen MR) is 68.6 cm³/mol. The van der Waals surface area contributed by atoms with Gasteiger partial charge >= 0.3 is 0 Å². The molecule has 2 rings (SSSR count). The Kier molecular flexibility index (Phi) is 4.05. The molecule has 1 amide bonds. The molecule has 0 bridgehead atoms. The van der Waals surface area contributed by atoms with Crippen LogP contribution in [0.2, 0.25) is 0 Å². The van der Waals surface area contributed by atoms with Gasteiger partial charge in [-0.05, 0) is 51.6 Å². The fourth-order valence-electron chi connectivity index (χ4n) is 2.61. The van der Waals surface area contributed by atoms with Crippen molar-refractivity contribution in [2.24, 2.45) is 11.7 Å². The lowest BCUT2D eigenvalue weighted by Crippen LogP contribution is -2.45. The standard InChI is InChI=1S/C13H25N3O/c1-10(14)11-5-7-16(8-6-11)9-13(17)15(2)12-3-4-12/h10-12H,3-9,14H2,1-2H3. The van der Waals surface area contributed by atoms with Crippen LogP contribution in [0.25, 0.3) is 0 Å². The van der Waals surface area contributed by atoms with Crippen LogP contribution in [-0.2, 0) is 4.79 Å². The highest BCUT2D eigenvalue weighted by atomic mass is 16.2. The van der Waals surface area contributed by atoms with Crippen molar-refractivity contribution in [2.45, 2.75) is 44.7 Å². The molecular weight excluding hydrogens is 214 g/mol. The van der Waals surface area contributed by atoms with E-state index in [2.05, 4.69) is 11.8 Å². The Morgan fingerprint density at radius 2 is 1.94 bits per heavy atom. The molecule has 1 unspecified atom stereocenters. The van der Waals surface area contributed by atoms with Gasteiger partial charge in [-0.15, -0.1) is 0 Å². The lowest BCUT2D eigenvalue weighted by atomic mass is 9.91. The number of rotatable bonds is 4. The maximum Gasteiger partial charge on any atom is 0.236 e. The molecule has 1 saturated heterocycles. The first kappa shape index (κ1) is 12.8. The number of carbonyl (C=O) groups is 1. The molecule has 1 atom stereocenters. The second-order valence-corrected chi connectivity index (χ2v) is 5.71. The summed E-state index contributed by atoms with van der Waals surface area (Å²) in [5.41, 5.74) is 5.92. The fourth-order valence-corrected chi connectivity index (χ4v) is 2.61. The van der Waals surface area contributed by atoms with Crippen molar-refractivity contribution in [2.75, 3.05) is 26.7 Å². The van der Waals surface area contributed by atoms with Gasteiger partial charge in [-0.2, -0.15) is 0 Å². The van der Waals surface area contributed by atoms with Crippen molar-refractivity contribution in [3.8, 4) is 0 Å². The van der Waals surface area contributed by atoms with Crippen molar-refractivity contribution < 1.29 is 4.79 Å². The number of hydrogen-bond acceptors (Lipinski definition) is 3. The SMILES string of the molecule is CC(N)C1CCN(CC(=O)N(C)C2CC2)CC1. The summed E-state index contributed by atoms with van der Waals surface area (Å²) in [6, 6.07) is 0.825. The minimum Gasteiger partial charge on any atom is -0.342 e. The first-order chi connectivity index (χ1) is 8.08. The van der Waals surface area contributed by atoms with Gasteiger partial charge in [0.25, 0.3) is 0 Å². The average molecular weight is 239 g/mol. The zero-order valence-electron chi connectivity index (χ0n) is 11.1. The van der Waals surface area contributed by atoms with Gasteiger partial charge in [-0.3, -0.25) is 9.69 Å². The number of likely N-dealkylation sites (tertiary alicyclic amines) is 1. The van der Waals surface area contributed by atoms with Crippen LogP contribution in [0.15, 0.2) is 0 Å². The highest BCUT2D eigenvalue weighted by Gasteiger charge is 2.31. The van der Waals surface area contributed by atoms with Crippen molar-refractivity contribution in [1.29, 1.82) is 0 Å². The molecule has 4 nitrogen and oxygen atoms in total. The summed E-state index contributed by atoms with van der Waals surface area (Å²) in [6.07, 6.45) is 4.65. The summed E-state index contributed by atoms with van der Waals surface area (Å²) in [4.78, 5) is 16.2. The second kappa shape index (κ2) is 5.36. The Morgan fingerprint density at radius 1 is 1.35 bits per heavy atom. The summed E-state index contributed by atoms with van der Waals surface area (Å²) < 4.78 is 0. The van der Waals surface area contributed by atoms with Gasteiger partial charge in [0.1, 0.15) is 0 Å². The Hall–Kier alpha value is -0.610. The van der Waals surface area contributed by atoms with Crippen LogP contribution in [0, 0.1) is 5.92 Å². The van der Waals surface area contributed by atoms with Crippen molar-refractivity contribution in [1.82, 2.24) is 9.80 Å². The first-order valence-corrected chi connectivity index (χ1v) is 6.81. The summed E-state index contributed by atoms with van der Waals surface area (Å²) in [7, 11) is 1.94. The molecule has 1 saturated carbocycles. The van der Waals surface area contributed by atoms with Crippen LogP contribution >= 0.6 is 0 Å². The van der Waals surface area contributed by atoms with Crippen LogP contribution < -0.4 is 5.73 Å². The van der Waals surface area contributed by atoms with Crippen LogP contribution in [0.4, 0.5) is 0 Å². The zero-order valence-corrected chi connectivity index (χ0v) is 11.1. The highest BCUT2D eigenvalue weighted by Crippen LogP contribution is 2.26. The van der Waals surface area contributed by atoms with Crippen LogP contribution in [0.3, 0.4) is 0 Å². The molecule has 1 aliphatic carbocycles. The smallest absolute Gasteiger partial charge is 0.236 e. The molecule has 2 N–H and O–H groups in total. The lowest BCUT2D eigenvalue weighted by Gasteiger charge is -2.34. The Bertz CT molecular complexity index is 268. The Balaban J connectivity index is 1.72. The number of nitrogens with zero attached hydrogens (tertiary/aromatic N) is 2. The maximum atomic E-state index is 12.0. The third kappa shape index (κ3) is 3.42. The summed E-state index contributed by atoms with van der Waals surface area (Å²) in [5, 5.41) is 0. The molecule has 1 aliphatic heterocycles. The zero-order chi connectivity index (χ0) is 12.4. The molecule has 0 aromatic heterocycles. The van der Waals surface area contributed by atoms with Gasteiger partial charge in [-0.25, -0.2) is 0 Å². The maximum absolute atomic E-state index is 12.0. The highest BCUT2D eigenvalue weighted by molar-refractivity contribution is 5.78. The summed E-state index contributed by atoms with van der Waals surface area (Å²) in [6.45, 7) is 4.73. The van der Waals surface area contributed by atoms with Gasteiger partial charge in [0.15, 0.2) is 0 Å². The number of amides is 1. The van der Waals surface area contributed by atoms with Crippen LogP contribution in [0.5, 0.6) is 0 Å². The van der Waals surface area contributed by atoms with E-state index in [1.807, 2.05) is 11.9 Å². The molecule has 2 aliphatic rings. The van der Waals surface area contributed by atoms with Gasteiger partial charge in [-0.1, -0.05) is 0 Å². The minimum atomic E-state index is 0.284. The van der Waals surface area contributed by atoms with E-state index in [4.69, 9.17) is 5.73 Å². The lowest BCUT2D eigenvalue weighted by molar-refractivity contribution is -0.132. The number of hydrogen-bond donors (Lipinski definition) is 1. The number of carbonyl (C=O) groups excluding carboxylic acids is 1. The molecule has 17 heavy (non-hydrogen) atoms. The monoisotopic (exact) mass is 239 g/mol. The van der Waals surface area contributed by atoms with Gasteiger partial charge in [0.2, 0.25) is 5.91 Å². The van der Waals surface area contributed by atoms with E-state index in [0.29, 0.717) is 24.5 Å². The van der Waals surface area contributed by atoms with Crippen LogP contribution in [0.1, 0.15) is 32.6 Å². The summed E-state index contributed by atoms with van der Waals surface area (Å²) >= 11 is 0. The van der Waals surface area contributed by atoms with E-state index < -0.39 is 0 Å². The number of likely N-dealkylation sites (N-methyl/N-ethyl adjacent to an activating group) is 1. The van der Waals surface area contributed by atoms with E-state index in [9.17, 15) is 4.79 Å². The van der Waals surface area contributed by atoms with Gasteiger partial charge in [0, 0.05) is 19.1 Å². The first-order valence-electron chi connectivity index (χ1n) is 6.81. The molecule has 0 aromatic carbocycles. The van der Waals surface area contributed by atoms with Crippen LogP contribution in [-0.4, -0.2) is 54.5 Å². The third-order valence-electron chi connectivity index (χ3n) is 4.22. The molecule has 98 valence electrons. The largest absolute Gasteiger partial charge is 0.342 e. The molecule has 0 spiro atoms. The molecule has 2 fully saturated rings. The minimum absolute atomic E-state index is 0.284. The van der Waals surface area contributed by atoms with E-state index in [1.165, 1.54) is 12.8 Å². The molecule has 4 heteroatoms.